The Morgan fingerprint density at radius 3 is 2.93 bits per heavy atom. The first-order valence-electron chi connectivity index (χ1n) is 8.63. The summed E-state index contributed by atoms with van der Waals surface area (Å²) in [5.74, 6) is 2.88. The molecule has 0 radical (unpaired) electrons. The molecule has 0 spiro atoms. The summed E-state index contributed by atoms with van der Waals surface area (Å²) >= 11 is 1.65. The van der Waals surface area contributed by atoms with Gasteiger partial charge in [0.25, 0.3) is 0 Å². The fourth-order valence-electron chi connectivity index (χ4n) is 3.05. The van der Waals surface area contributed by atoms with Crippen molar-refractivity contribution < 1.29 is 14.2 Å². The molecule has 1 fully saturated rings. The Hall–Kier alpha value is -2.91. The second-order valence-corrected chi connectivity index (χ2v) is 7.00. The number of fused-ring (bicyclic) bond motifs is 2. The summed E-state index contributed by atoms with van der Waals surface area (Å²) < 4.78 is 17.2. The van der Waals surface area contributed by atoms with Crippen LogP contribution in [0.2, 0.25) is 0 Å². The van der Waals surface area contributed by atoms with Crippen molar-refractivity contribution >= 4 is 39.5 Å². The largest absolute Gasteiger partial charge is 0.454 e. The maximum absolute atomic E-state index is 5.45. The van der Waals surface area contributed by atoms with Crippen LogP contribution in [0.4, 0.5) is 11.8 Å². The number of hydrogen-bond acceptors (Lipinski definition) is 9. The molecule has 1 saturated heterocycles. The summed E-state index contributed by atoms with van der Waals surface area (Å²) in [4.78, 5) is 11.5. The number of benzene rings is 1. The summed E-state index contributed by atoms with van der Waals surface area (Å²) in [6, 6.07) is 7.67. The van der Waals surface area contributed by atoms with E-state index in [1.165, 1.54) is 0 Å². The molecule has 0 amide bonds. The van der Waals surface area contributed by atoms with Crippen LogP contribution in [0.1, 0.15) is 5.56 Å². The number of morpholine rings is 1. The first kappa shape index (κ1) is 16.3. The van der Waals surface area contributed by atoms with Crippen molar-refractivity contribution in [1.82, 2.24) is 9.97 Å². The molecule has 0 bridgehead atoms. The van der Waals surface area contributed by atoms with E-state index in [-0.39, 0.29) is 6.79 Å². The van der Waals surface area contributed by atoms with Crippen molar-refractivity contribution in [2.24, 2.45) is 5.10 Å². The highest BCUT2D eigenvalue weighted by Crippen LogP contribution is 2.32. The predicted octanol–water partition coefficient (Wildman–Crippen LogP) is 2.70. The molecule has 2 aliphatic rings. The number of nitrogens with zero attached hydrogens (tertiary/aromatic N) is 4. The molecule has 3 aromatic rings. The Balaban J connectivity index is 1.38. The van der Waals surface area contributed by atoms with Crippen molar-refractivity contribution in [2.75, 3.05) is 43.4 Å². The molecule has 0 aliphatic carbocycles. The van der Waals surface area contributed by atoms with E-state index in [0.29, 0.717) is 19.2 Å². The molecule has 5 rings (SSSR count). The van der Waals surface area contributed by atoms with Gasteiger partial charge in [-0.3, -0.25) is 0 Å². The van der Waals surface area contributed by atoms with Crippen LogP contribution in [0.15, 0.2) is 34.7 Å². The van der Waals surface area contributed by atoms with Crippen LogP contribution < -0.4 is 19.8 Å². The minimum Gasteiger partial charge on any atom is -0.454 e. The summed E-state index contributed by atoms with van der Waals surface area (Å²) in [5.41, 5.74) is 4.76. The van der Waals surface area contributed by atoms with Crippen LogP contribution in [-0.2, 0) is 4.74 Å². The molecular weight excluding hydrogens is 366 g/mol. The molecule has 2 aromatic heterocycles. The predicted molar refractivity (Wildman–Crippen MR) is 104 cm³/mol. The van der Waals surface area contributed by atoms with Crippen molar-refractivity contribution in [1.29, 1.82) is 0 Å². The molecule has 1 aromatic carbocycles. The number of ether oxygens (including phenoxy) is 3. The van der Waals surface area contributed by atoms with E-state index < -0.39 is 0 Å². The Bertz CT molecular complexity index is 1000. The lowest BCUT2D eigenvalue weighted by Crippen LogP contribution is -2.36. The molecule has 2 aliphatic heterocycles. The number of hydrazone groups is 1. The minimum atomic E-state index is 0.257. The normalized spacial score (nSPS) is 16.4. The van der Waals surface area contributed by atoms with Gasteiger partial charge in [-0.05, 0) is 35.2 Å². The first-order chi connectivity index (χ1) is 13.4. The third-order valence-electron chi connectivity index (χ3n) is 4.37. The highest BCUT2D eigenvalue weighted by molar-refractivity contribution is 7.17. The van der Waals surface area contributed by atoms with Gasteiger partial charge in [0.2, 0.25) is 12.7 Å². The zero-order valence-corrected chi connectivity index (χ0v) is 15.2. The lowest BCUT2D eigenvalue weighted by molar-refractivity contribution is 0.122. The number of thiophene rings is 1. The number of nitrogens with one attached hydrogen (secondary N) is 1. The van der Waals surface area contributed by atoms with Crippen molar-refractivity contribution in [3.8, 4) is 11.5 Å². The molecule has 27 heavy (non-hydrogen) atoms. The average Bonchev–Trinajstić information content (AvgIpc) is 3.37. The second-order valence-electron chi connectivity index (χ2n) is 6.09. The van der Waals surface area contributed by atoms with Gasteiger partial charge in [0.15, 0.2) is 17.3 Å². The maximum Gasteiger partial charge on any atom is 0.246 e. The summed E-state index contributed by atoms with van der Waals surface area (Å²) in [6.07, 6.45) is 1.71. The van der Waals surface area contributed by atoms with Crippen LogP contribution in [0, 0.1) is 0 Å². The third-order valence-corrected chi connectivity index (χ3v) is 5.27. The fraction of sp³-hybridized carbons (Fsp3) is 0.278. The van der Waals surface area contributed by atoms with E-state index in [2.05, 4.69) is 25.4 Å². The fourth-order valence-corrected chi connectivity index (χ4v) is 3.89. The Labute approximate surface area is 159 Å². The Morgan fingerprint density at radius 2 is 2.00 bits per heavy atom. The molecule has 138 valence electrons. The zero-order chi connectivity index (χ0) is 18.1. The van der Waals surface area contributed by atoms with Crippen molar-refractivity contribution in [3.05, 3.63) is 35.2 Å². The SMILES string of the molecule is C(=N\Nc1nc(N2CCOCC2)c2sccc2n1)/c1ccc2c(c1)OCO2. The van der Waals surface area contributed by atoms with Crippen molar-refractivity contribution in [3.63, 3.8) is 0 Å². The second kappa shape index (κ2) is 7.01. The zero-order valence-electron chi connectivity index (χ0n) is 14.4. The van der Waals surface area contributed by atoms with Crippen LogP contribution in [-0.4, -0.2) is 49.3 Å². The first-order valence-corrected chi connectivity index (χ1v) is 9.51. The maximum atomic E-state index is 5.45. The van der Waals surface area contributed by atoms with Gasteiger partial charge in [-0.2, -0.15) is 10.1 Å². The lowest BCUT2D eigenvalue weighted by atomic mass is 10.2. The highest BCUT2D eigenvalue weighted by Gasteiger charge is 2.18. The van der Waals surface area contributed by atoms with E-state index in [1.54, 1.807) is 17.6 Å². The quantitative estimate of drug-likeness (QED) is 0.548. The standard InChI is InChI=1S/C18H17N5O3S/c1-2-14-15(26-11-25-14)9-12(1)10-19-22-18-20-13-3-8-27-16(13)17(21-18)23-4-6-24-7-5-23/h1-3,8-10H,4-7,11H2,(H,20,21,22)/b19-10+. The van der Waals surface area contributed by atoms with Gasteiger partial charge in [-0.15, -0.1) is 11.3 Å². The summed E-state index contributed by atoms with van der Waals surface area (Å²) in [5, 5.41) is 6.31. The smallest absolute Gasteiger partial charge is 0.246 e. The molecule has 0 atom stereocenters. The van der Waals surface area contributed by atoms with Crippen LogP contribution in [0.3, 0.4) is 0 Å². The van der Waals surface area contributed by atoms with Crippen LogP contribution in [0.5, 0.6) is 11.5 Å². The molecule has 0 unspecified atom stereocenters. The Kier molecular flexibility index (Phi) is 4.23. The van der Waals surface area contributed by atoms with Crippen LogP contribution in [0.25, 0.3) is 10.2 Å². The lowest BCUT2D eigenvalue weighted by Gasteiger charge is -2.28. The summed E-state index contributed by atoms with van der Waals surface area (Å²) in [6.45, 7) is 3.32. The molecule has 0 saturated carbocycles. The third kappa shape index (κ3) is 3.26. The van der Waals surface area contributed by atoms with E-state index in [0.717, 1.165) is 46.2 Å². The topological polar surface area (TPSA) is 81.1 Å². The van der Waals surface area contributed by atoms with Gasteiger partial charge in [0.1, 0.15) is 0 Å². The van der Waals surface area contributed by atoms with E-state index >= 15 is 0 Å². The minimum absolute atomic E-state index is 0.257. The average molecular weight is 383 g/mol. The van der Waals surface area contributed by atoms with Gasteiger partial charge in [0.05, 0.1) is 29.6 Å². The van der Waals surface area contributed by atoms with Gasteiger partial charge >= 0.3 is 0 Å². The highest BCUT2D eigenvalue weighted by atomic mass is 32.1. The number of rotatable bonds is 4. The number of aromatic nitrogens is 2. The summed E-state index contributed by atoms with van der Waals surface area (Å²) in [7, 11) is 0. The number of hydrogen-bond donors (Lipinski definition) is 1. The monoisotopic (exact) mass is 383 g/mol. The van der Waals surface area contributed by atoms with Gasteiger partial charge in [-0.1, -0.05) is 0 Å². The van der Waals surface area contributed by atoms with E-state index in [1.807, 2.05) is 29.6 Å². The van der Waals surface area contributed by atoms with E-state index in [9.17, 15) is 0 Å². The Morgan fingerprint density at radius 1 is 1.11 bits per heavy atom. The molecule has 8 nitrogen and oxygen atoms in total. The molecule has 4 heterocycles. The van der Waals surface area contributed by atoms with Gasteiger partial charge in [0, 0.05) is 13.1 Å². The molecule has 1 N–H and O–H groups in total. The van der Waals surface area contributed by atoms with Gasteiger partial charge in [-0.25, -0.2) is 10.4 Å². The molecule has 9 heteroatoms. The van der Waals surface area contributed by atoms with Gasteiger partial charge < -0.3 is 19.1 Å². The van der Waals surface area contributed by atoms with E-state index in [4.69, 9.17) is 14.2 Å². The molecular formula is C18H17N5O3S. The number of anilines is 2. The van der Waals surface area contributed by atoms with Crippen molar-refractivity contribution in [2.45, 2.75) is 0 Å². The van der Waals surface area contributed by atoms with Crippen LogP contribution >= 0.6 is 11.3 Å².